The van der Waals surface area contributed by atoms with Gasteiger partial charge in [0.05, 0.1) is 18.3 Å². The minimum Gasteiger partial charge on any atom is -0.495 e. The van der Waals surface area contributed by atoms with Crippen LogP contribution in [0.2, 0.25) is 0 Å². The zero-order valence-corrected chi connectivity index (χ0v) is 15.6. The van der Waals surface area contributed by atoms with E-state index in [-0.39, 0.29) is 5.52 Å². The van der Waals surface area contributed by atoms with E-state index in [1.165, 1.54) is 11.6 Å². The van der Waals surface area contributed by atoms with Gasteiger partial charge in [0.15, 0.2) is 0 Å². The van der Waals surface area contributed by atoms with Crippen molar-refractivity contribution in [2.24, 2.45) is 0 Å². The lowest BCUT2D eigenvalue weighted by Gasteiger charge is -2.11. The molecule has 0 aliphatic heterocycles. The van der Waals surface area contributed by atoms with E-state index in [4.69, 9.17) is 4.74 Å². The summed E-state index contributed by atoms with van der Waals surface area (Å²) >= 11 is 0. The average molecular weight is 412 g/mol. The van der Waals surface area contributed by atoms with Gasteiger partial charge in [0.1, 0.15) is 23.5 Å². The number of aromatic nitrogens is 3. The molecule has 152 valence electrons. The lowest BCUT2D eigenvalue weighted by molar-refractivity contribution is -0.141. The van der Waals surface area contributed by atoms with Crippen molar-refractivity contribution in [1.82, 2.24) is 14.6 Å². The molecule has 0 aliphatic rings. The van der Waals surface area contributed by atoms with Crippen LogP contribution in [0.5, 0.6) is 5.75 Å². The number of carbonyl (C=O) groups excluding carboxylic acids is 1. The van der Waals surface area contributed by atoms with Gasteiger partial charge in [0, 0.05) is 11.1 Å². The normalized spacial score (nSPS) is 11.5. The van der Waals surface area contributed by atoms with Crippen molar-refractivity contribution in [3.8, 4) is 28.1 Å². The first-order valence-electron chi connectivity index (χ1n) is 8.82. The SMILES string of the molecule is COc1cc(-c2c(-c3ccccc3)nn3cnc(C(F)(F)F)cc23)ccc1NC=O. The molecule has 0 unspecified atom stereocenters. The number of halogens is 3. The van der Waals surface area contributed by atoms with Crippen LogP contribution in [-0.4, -0.2) is 28.1 Å². The third kappa shape index (κ3) is 3.45. The van der Waals surface area contributed by atoms with Crippen LogP contribution in [0.15, 0.2) is 60.9 Å². The van der Waals surface area contributed by atoms with Gasteiger partial charge in [-0.2, -0.15) is 18.3 Å². The fraction of sp³-hybridized carbons (Fsp3) is 0.0952. The van der Waals surface area contributed by atoms with Gasteiger partial charge in [-0.15, -0.1) is 0 Å². The zero-order valence-electron chi connectivity index (χ0n) is 15.6. The number of nitrogens with one attached hydrogen (secondary N) is 1. The van der Waals surface area contributed by atoms with Crippen molar-refractivity contribution in [3.05, 3.63) is 66.6 Å². The van der Waals surface area contributed by atoms with Crippen LogP contribution in [0, 0.1) is 0 Å². The summed E-state index contributed by atoms with van der Waals surface area (Å²) in [5.41, 5.74) is 1.97. The number of anilines is 1. The first-order valence-corrected chi connectivity index (χ1v) is 8.82. The van der Waals surface area contributed by atoms with Gasteiger partial charge in [0.25, 0.3) is 0 Å². The second kappa shape index (κ2) is 7.51. The van der Waals surface area contributed by atoms with E-state index in [0.29, 0.717) is 34.7 Å². The van der Waals surface area contributed by atoms with E-state index >= 15 is 0 Å². The average Bonchev–Trinajstić information content (AvgIpc) is 3.13. The molecule has 1 N–H and O–H groups in total. The Morgan fingerprint density at radius 1 is 1.07 bits per heavy atom. The molecule has 1 amide bonds. The number of alkyl halides is 3. The van der Waals surface area contributed by atoms with E-state index in [0.717, 1.165) is 18.0 Å². The van der Waals surface area contributed by atoms with Gasteiger partial charge in [-0.05, 0) is 23.8 Å². The van der Waals surface area contributed by atoms with Crippen LogP contribution >= 0.6 is 0 Å². The van der Waals surface area contributed by atoms with E-state index in [1.54, 1.807) is 18.2 Å². The quantitative estimate of drug-likeness (QED) is 0.484. The summed E-state index contributed by atoms with van der Waals surface area (Å²) in [5, 5.41) is 7.00. The van der Waals surface area contributed by atoms with Crippen LogP contribution in [0.4, 0.5) is 18.9 Å². The first kappa shape index (κ1) is 19.4. The van der Waals surface area contributed by atoms with Crippen molar-refractivity contribution >= 4 is 17.6 Å². The summed E-state index contributed by atoms with van der Waals surface area (Å²) in [4.78, 5) is 14.3. The maximum Gasteiger partial charge on any atom is 0.433 e. The summed E-state index contributed by atoms with van der Waals surface area (Å²) in [5.74, 6) is 0.364. The molecule has 0 aliphatic carbocycles. The molecular weight excluding hydrogens is 397 g/mol. The van der Waals surface area contributed by atoms with E-state index < -0.39 is 11.9 Å². The molecule has 0 saturated carbocycles. The molecule has 2 heterocycles. The zero-order chi connectivity index (χ0) is 21.3. The van der Waals surface area contributed by atoms with E-state index in [1.807, 2.05) is 30.3 Å². The fourth-order valence-corrected chi connectivity index (χ4v) is 3.22. The highest BCUT2D eigenvalue weighted by atomic mass is 19.4. The molecule has 0 fully saturated rings. The maximum atomic E-state index is 13.3. The number of rotatable bonds is 5. The minimum absolute atomic E-state index is 0.245. The van der Waals surface area contributed by atoms with Crippen LogP contribution in [0.3, 0.4) is 0 Å². The number of ether oxygens (including phenoxy) is 1. The molecular formula is C21H15F3N4O2. The Morgan fingerprint density at radius 3 is 2.50 bits per heavy atom. The molecule has 0 spiro atoms. The Kier molecular flexibility index (Phi) is 4.86. The number of fused-ring (bicyclic) bond motifs is 1. The second-order valence-corrected chi connectivity index (χ2v) is 6.37. The van der Waals surface area contributed by atoms with Gasteiger partial charge in [-0.3, -0.25) is 4.79 Å². The Labute approximate surface area is 168 Å². The number of hydrogen-bond donors (Lipinski definition) is 1. The van der Waals surface area contributed by atoms with Gasteiger partial charge >= 0.3 is 6.18 Å². The number of methoxy groups -OCH3 is 1. The van der Waals surface area contributed by atoms with E-state index in [9.17, 15) is 18.0 Å². The molecule has 9 heteroatoms. The summed E-state index contributed by atoms with van der Waals surface area (Å²) in [6, 6.07) is 15.0. The van der Waals surface area contributed by atoms with Crippen LogP contribution in [0.1, 0.15) is 5.69 Å². The Bertz CT molecular complexity index is 1220. The lowest BCUT2D eigenvalue weighted by Crippen LogP contribution is -2.08. The van der Waals surface area contributed by atoms with Crippen molar-refractivity contribution < 1.29 is 22.7 Å². The highest BCUT2D eigenvalue weighted by Gasteiger charge is 2.33. The Morgan fingerprint density at radius 2 is 1.83 bits per heavy atom. The minimum atomic E-state index is -4.59. The predicted molar refractivity (Wildman–Crippen MR) is 105 cm³/mol. The van der Waals surface area contributed by atoms with Crippen LogP contribution < -0.4 is 10.1 Å². The number of nitrogens with zero attached hydrogens (tertiary/aromatic N) is 3. The van der Waals surface area contributed by atoms with Gasteiger partial charge < -0.3 is 10.1 Å². The third-order valence-electron chi connectivity index (χ3n) is 4.57. The molecule has 30 heavy (non-hydrogen) atoms. The maximum absolute atomic E-state index is 13.3. The second-order valence-electron chi connectivity index (χ2n) is 6.37. The van der Waals surface area contributed by atoms with E-state index in [2.05, 4.69) is 15.4 Å². The highest BCUT2D eigenvalue weighted by molar-refractivity contribution is 5.93. The lowest BCUT2D eigenvalue weighted by atomic mass is 9.99. The topological polar surface area (TPSA) is 68.5 Å². The molecule has 4 aromatic rings. The van der Waals surface area contributed by atoms with Gasteiger partial charge in [-0.25, -0.2) is 9.50 Å². The smallest absolute Gasteiger partial charge is 0.433 e. The molecule has 0 radical (unpaired) electrons. The van der Waals surface area contributed by atoms with Crippen molar-refractivity contribution in [2.45, 2.75) is 6.18 Å². The highest BCUT2D eigenvalue weighted by Crippen LogP contribution is 2.39. The molecule has 0 bridgehead atoms. The summed E-state index contributed by atoms with van der Waals surface area (Å²) in [6.07, 6.45) is -3.03. The van der Waals surface area contributed by atoms with Crippen LogP contribution in [0.25, 0.3) is 27.9 Å². The Balaban J connectivity index is 2.01. The molecule has 2 aromatic carbocycles. The molecule has 0 saturated heterocycles. The summed E-state index contributed by atoms with van der Waals surface area (Å²) in [7, 11) is 1.44. The number of benzene rings is 2. The molecule has 6 nitrogen and oxygen atoms in total. The molecule has 0 atom stereocenters. The molecule has 2 aromatic heterocycles. The Hall–Kier alpha value is -3.88. The van der Waals surface area contributed by atoms with Crippen LogP contribution in [-0.2, 0) is 11.0 Å². The fourth-order valence-electron chi connectivity index (χ4n) is 3.22. The first-order chi connectivity index (χ1) is 14.4. The van der Waals surface area contributed by atoms with Crippen molar-refractivity contribution in [2.75, 3.05) is 12.4 Å². The van der Waals surface area contributed by atoms with Gasteiger partial charge in [0.2, 0.25) is 6.41 Å². The predicted octanol–water partition coefficient (Wildman–Crippen LogP) is 4.66. The van der Waals surface area contributed by atoms with Crippen molar-refractivity contribution in [1.29, 1.82) is 0 Å². The largest absolute Gasteiger partial charge is 0.495 e. The number of amides is 1. The summed E-state index contributed by atoms with van der Waals surface area (Å²) in [6.45, 7) is 0. The summed E-state index contributed by atoms with van der Waals surface area (Å²) < 4.78 is 46.5. The molecule has 4 rings (SSSR count). The number of hydrogen-bond acceptors (Lipinski definition) is 4. The number of carbonyl (C=O) groups is 1. The van der Waals surface area contributed by atoms with Crippen molar-refractivity contribution in [3.63, 3.8) is 0 Å². The third-order valence-corrected chi connectivity index (χ3v) is 4.57. The van der Waals surface area contributed by atoms with Gasteiger partial charge in [-0.1, -0.05) is 36.4 Å². The standard InChI is InChI=1S/C21H15F3N4O2/c1-30-17-9-14(7-8-15(17)26-12-29)19-16-10-18(21(22,23)24)25-11-28(16)27-20(19)13-5-3-2-4-6-13/h2-12H,1H3,(H,26,29). The monoisotopic (exact) mass is 412 g/mol.